The molecule has 2 aromatic carbocycles. The van der Waals surface area contributed by atoms with Gasteiger partial charge in [-0.25, -0.2) is 13.6 Å². The highest BCUT2D eigenvalue weighted by Crippen LogP contribution is 2.32. The van der Waals surface area contributed by atoms with Crippen LogP contribution < -0.4 is 14.6 Å². The molecule has 0 aliphatic rings. The summed E-state index contributed by atoms with van der Waals surface area (Å²) in [5.74, 6) is 1.77. The van der Waals surface area contributed by atoms with E-state index in [1.54, 1.807) is 12.1 Å². The number of ether oxygens (including phenoxy) is 2. The summed E-state index contributed by atoms with van der Waals surface area (Å²) in [7, 11) is -3.73. The zero-order valence-electron chi connectivity index (χ0n) is 11.2. The Hall–Kier alpha value is -1.57. The van der Waals surface area contributed by atoms with Crippen LogP contribution in [0.4, 0.5) is 0 Å². The van der Waals surface area contributed by atoms with Gasteiger partial charge in [-0.05, 0) is 53.2 Å². The zero-order valence-corrected chi connectivity index (χ0v) is 13.6. The van der Waals surface area contributed by atoms with E-state index in [0.717, 1.165) is 0 Å². The molecule has 5 nitrogen and oxygen atoms in total. The lowest BCUT2D eigenvalue weighted by Crippen LogP contribution is -2.11. The van der Waals surface area contributed by atoms with Crippen LogP contribution in [0.15, 0.2) is 51.8 Å². The van der Waals surface area contributed by atoms with Gasteiger partial charge in [0.1, 0.15) is 17.2 Å². The van der Waals surface area contributed by atoms with Crippen molar-refractivity contribution in [3.63, 3.8) is 0 Å². The van der Waals surface area contributed by atoms with Crippen LogP contribution in [-0.2, 0) is 10.0 Å². The molecule has 0 amide bonds. The molecule has 0 aliphatic carbocycles. The predicted octanol–water partition coefficient (Wildman–Crippen LogP) is 3.29. The van der Waals surface area contributed by atoms with Crippen LogP contribution in [0.3, 0.4) is 0 Å². The number of benzene rings is 2. The van der Waals surface area contributed by atoms with Crippen molar-refractivity contribution in [2.24, 2.45) is 5.14 Å². The molecule has 0 atom stereocenters. The molecule has 0 bridgehead atoms. The Morgan fingerprint density at radius 3 is 2.48 bits per heavy atom. The molecule has 112 valence electrons. The van der Waals surface area contributed by atoms with E-state index in [9.17, 15) is 8.42 Å². The maximum absolute atomic E-state index is 11.3. The molecule has 2 rings (SSSR count). The zero-order chi connectivity index (χ0) is 15.5. The van der Waals surface area contributed by atoms with E-state index in [-0.39, 0.29) is 4.90 Å². The van der Waals surface area contributed by atoms with Gasteiger partial charge in [0.25, 0.3) is 0 Å². The first-order valence-corrected chi connectivity index (χ1v) is 8.47. The van der Waals surface area contributed by atoms with Crippen molar-refractivity contribution in [1.29, 1.82) is 0 Å². The lowest BCUT2D eigenvalue weighted by molar-refractivity contribution is 0.338. The fourth-order valence-electron chi connectivity index (χ4n) is 1.66. The minimum Gasteiger partial charge on any atom is -0.494 e. The van der Waals surface area contributed by atoms with E-state index >= 15 is 0 Å². The molecule has 2 aromatic rings. The van der Waals surface area contributed by atoms with E-state index in [0.29, 0.717) is 28.3 Å². The summed E-state index contributed by atoms with van der Waals surface area (Å²) in [5, 5.41) is 5.08. The van der Waals surface area contributed by atoms with Crippen LogP contribution >= 0.6 is 15.9 Å². The van der Waals surface area contributed by atoms with Crippen LogP contribution in [0.25, 0.3) is 0 Å². The van der Waals surface area contributed by atoms with Crippen LogP contribution in [0.1, 0.15) is 6.92 Å². The Morgan fingerprint density at radius 2 is 1.86 bits per heavy atom. The van der Waals surface area contributed by atoms with Gasteiger partial charge in [-0.2, -0.15) is 0 Å². The fraction of sp³-hybridized carbons (Fsp3) is 0.143. The van der Waals surface area contributed by atoms with Crippen molar-refractivity contribution < 1.29 is 17.9 Å². The van der Waals surface area contributed by atoms with Gasteiger partial charge >= 0.3 is 0 Å². The van der Waals surface area contributed by atoms with Gasteiger partial charge in [-0.15, -0.1) is 0 Å². The van der Waals surface area contributed by atoms with Gasteiger partial charge < -0.3 is 9.47 Å². The van der Waals surface area contributed by atoms with Gasteiger partial charge in [0, 0.05) is 6.07 Å². The molecule has 7 heteroatoms. The van der Waals surface area contributed by atoms with Crippen LogP contribution in [0.5, 0.6) is 17.2 Å². The molecule has 0 heterocycles. The van der Waals surface area contributed by atoms with Crippen molar-refractivity contribution in [1.82, 2.24) is 0 Å². The number of nitrogens with two attached hydrogens (primary N) is 1. The first kappa shape index (κ1) is 15.8. The second-order valence-corrected chi connectivity index (χ2v) is 6.56. The molecule has 21 heavy (non-hydrogen) atoms. The van der Waals surface area contributed by atoms with Crippen molar-refractivity contribution >= 4 is 26.0 Å². The highest BCUT2D eigenvalue weighted by Gasteiger charge is 2.11. The molecule has 0 radical (unpaired) electrons. The average molecular weight is 372 g/mol. The summed E-state index contributed by atoms with van der Waals surface area (Å²) in [4.78, 5) is 0.0183. The highest BCUT2D eigenvalue weighted by molar-refractivity contribution is 9.10. The topological polar surface area (TPSA) is 78.6 Å². The van der Waals surface area contributed by atoms with Crippen molar-refractivity contribution in [3.05, 3.63) is 46.9 Å². The Kier molecular flexibility index (Phi) is 4.87. The van der Waals surface area contributed by atoms with E-state index in [1.165, 1.54) is 18.2 Å². The number of hydrogen-bond donors (Lipinski definition) is 1. The maximum atomic E-state index is 11.3. The second-order valence-electron chi connectivity index (χ2n) is 4.15. The Morgan fingerprint density at radius 1 is 1.14 bits per heavy atom. The van der Waals surface area contributed by atoms with E-state index in [4.69, 9.17) is 14.6 Å². The van der Waals surface area contributed by atoms with Crippen LogP contribution in [0.2, 0.25) is 0 Å². The molecule has 2 N–H and O–H groups in total. The van der Waals surface area contributed by atoms with Gasteiger partial charge in [-0.3, -0.25) is 0 Å². The van der Waals surface area contributed by atoms with Crippen molar-refractivity contribution in [3.8, 4) is 17.2 Å². The number of primary sulfonamides is 1. The standard InChI is InChI=1S/C14H14BrNO4S/c1-2-19-10-4-3-5-11(8-10)20-14-7-6-12(9-13(14)15)21(16,17)18/h3-9H,2H2,1H3,(H2,16,17,18). The number of rotatable bonds is 5. The minimum atomic E-state index is -3.73. The lowest BCUT2D eigenvalue weighted by Gasteiger charge is -2.10. The molecule has 0 aromatic heterocycles. The Balaban J connectivity index is 2.26. The molecule has 0 saturated heterocycles. The monoisotopic (exact) mass is 371 g/mol. The van der Waals surface area contributed by atoms with Gasteiger partial charge in [-0.1, -0.05) is 6.07 Å². The summed E-state index contributed by atoms with van der Waals surface area (Å²) >= 11 is 3.27. The summed E-state index contributed by atoms with van der Waals surface area (Å²) in [5.41, 5.74) is 0. The number of hydrogen-bond acceptors (Lipinski definition) is 4. The SMILES string of the molecule is CCOc1cccc(Oc2ccc(S(N)(=O)=O)cc2Br)c1. The third-order valence-corrected chi connectivity index (χ3v) is 4.11. The minimum absolute atomic E-state index is 0.0183. The number of halogens is 1. The molecule has 0 spiro atoms. The maximum Gasteiger partial charge on any atom is 0.238 e. The van der Waals surface area contributed by atoms with E-state index < -0.39 is 10.0 Å². The third-order valence-electron chi connectivity index (χ3n) is 2.58. The fourth-order valence-corrected chi connectivity index (χ4v) is 2.81. The quantitative estimate of drug-likeness (QED) is 0.874. The first-order valence-electron chi connectivity index (χ1n) is 6.13. The van der Waals surface area contributed by atoms with Gasteiger partial charge in [0.2, 0.25) is 10.0 Å². The average Bonchev–Trinajstić information content (AvgIpc) is 2.41. The molecule has 0 aliphatic heterocycles. The highest BCUT2D eigenvalue weighted by atomic mass is 79.9. The lowest BCUT2D eigenvalue weighted by atomic mass is 10.3. The summed E-state index contributed by atoms with van der Waals surface area (Å²) < 4.78 is 34.1. The molecule has 0 unspecified atom stereocenters. The predicted molar refractivity (Wildman–Crippen MR) is 83.2 cm³/mol. The molecular weight excluding hydrogens is 358 g/mol. The van der Waals surface area contributed by atoms with Crippen molar-refractivity contribution in [2.75, 3.05) is 6.61 Å². The van der Waals surface area contributed by atoms with Crippen LogP contribution in [0, 0.1) is 0 Å². The number of sulfonamides is 1. The first-order chi connectivity index (χ1) is 9.90. The molecule has 0 saturated carbocycles. The third kappa shape index (κ3) is 4.20. The largest absolute Gasteiger partial charge is 0.494 e. The summed E-state index contributed by atoms with van der Waals surface area (Å²) in [6.07, 6.45) is 0. The van der Waals surface area contributed by atoms with E-state index in [1.807, 2.05) is 19.1 Å². The Labute approximate surface area is 131 Å². The summed E-state index contributed by atoms with van der Waals surface area (Å²) in [6, 6.07) is 11.5. The molecule has 0 fully saturated rings. The van der Waals surface area contributed by atoms with Crippen LogP contribution in [-0.4, -0.2) is 15.0 Å². The smallest absolute Gasteiger partial charge is 0.238 e. The summed E-state index contributed by atoms with van der Waals surface area (Å²) in [6.45, 7) is 2.46. The van der Waals surface area contributed by atoms with Crippen molar-refractivity contribution in [2.45, 2.75) is 11.8 Å². The second kappa shape index (κ2) is 6.46. The molecular formula is C14H14BrNO4S. The van der Waals surface area contributed by atoms with Gasteiger partial charge in [0.15, 0.2) is 0 Å². The van der Waals surface area contributed by atoms with Gasteiger partial charge in [0.05, 0.1) is 16.0 Å². The normalized spacial score (nSPS) is 11.2. The van der Waals surface area contributed by atoms with E-state index in [2.05, 4.69) is 15.9 Å². The Bertz CT molecular complexity index is 746.